The maximum Gasteiger partial charge on any atom is 0.191 e. The number of ether oxygens (including phenoxy) is 1. The Balaban J connectivity index is 0.00000312. The zero-order chi connectivity index (χ0) is 17.2. The normalized spacial score (nSPS) is 16.5. The van der Waals surface area contributed by atoms with Crippen LogP contribution in [0.2, 0.25) is 0 Å². The van der Waals surface area contributed by atoms with E-state index in [0.29, 0.717) is 12.6 Å². The van der Waals surface area contributed by atoms with Gasteiger partial charge in [0.2, 0.25) is 0 Å². The highest BCUT2D eigenvalue weighted by atomic mass is 127. The third kappa shape index (κ3) is 7.78. The minimum atomic E-state index is 0. The molecule has 144 valence electrons. The predicted molar refractivity (Wildman–Crippen MR) is 117 cm³/mol. The molecular weight excluding hydrogens is 447 g/mol. The van der Waals surface area contributed by atoms with Gasteiger partial charge < -0.3 is 15.4 Å². The number of rotatable bonds is 9. The lowest BCUT2D eigenvalue weighted by atomic mass is 9.98. The summed E-state index contributed by atoms with van der Waals surface area (Å²) < 4.78 is 5.98. The summed E-state index contributed by atoms with van der Waals surface area (Å²) in [5.74, 6) is 1.58. The van der Waals surface area contributed by atoms with Crippen LogP contribution in [-0.2, 0) is 17.7 Å². The van der Waals surface area contributed by atoms with Crippen molar-refractivity contribution in [3.05, 3.63) is 16.1 Å². The Morgan fingerprint density at radius 3 is 2.72 bits per heavy atom. The van der Waals surface area contributed by atoms with Crippen molar-refractivity contribution in [3.8, 4) is 0 Å². The number of aliphatic imine (C=N–C) groups is 1. The van der Waals surface area contributed by atoms with E-state index in [0.717, 1.165) is 43.6 Å². The Bertz CT molecular complexity index is 503. The van der Waals surface area contributed by atoms with Crippen LogP contribution in [0.4, 0.5) is 0 Å². The number of halogens is 1. The Labute approximate surface area is 173 Å². The molecule has 0 aliphatic heterocycles. The summed E-state index contributed by atoms with van der Waals surface area (Å²) >= 11 is 1.72. The topological polar surface area (TPSA) is 58.5 Å². The zero-order valence-corrected chi connectivity index (χ0v) is 18.9. The van der Waals surface area contributed by atoms with Gasteiger partial charge in [-0.25, -0.2) is 4.98 Å². The van der Waals surface area contributed by atoms with Crippen molar-refractivity contribution in [3.63, 3.8) is 0 Å². The first kappa shape index (κ1) is 22.6. The van der Waals surface area contributed by atoms with Gasteiger partial charge in [-0.1, -0.05) is 19.8 Å². The molecule has 0 aromatic carbocycles. The summed E-state index contributed by atoms with van der Waals surface area (Å²) in [7, 11) is 1.81. The van der Waals surface area contributed by atoms with Crippen molar-refractivity contribution in [1.29, 1.82) is 0 Å². The van der Waals surface area contributed by atoms with E-state index in [9.17, 15) is 0 Å². The van der Waals surface area contributed by atoms with E-state index < -0.39 is 0 Å². The van der Waals surface area contributed by atoms with E-state index in [1.54, 1.807) is 11.3 Å². The molecule has 1 aromatic heterocycles. The van der Waals surface area contributed by atoms with Gasteiger partial charge in [0.15, 0.2) is 5.96 Å². The molecule has 0 amide bonds. The van der Waals surface area contributed by atoms with Crippen molar-refractivity contribution in [2.45, 2.75) is 65.0 Å². The molecule has 2 N–H and O–H groups in total. The third-order valence-corrected chi connectivity index (χ3v) is 5.63. The van der Waals surface area contributed by atoms with Gasteiger partial charge >= 0.3 is 0 Å². The van der Waals surface area contributed by atoms with Crippen molar-refractivity contribution < 1.29 is 4.74 Å². The third-order valence-electron chi connectivity index (χ3n) is 4.59. The number of guanidine groups is 1. The molecule has 5 nitrogen and oxygen atoms in total. The highest BCUT2D eigenvalue weighted by molar-refractivity contribution is 14.0. The number of hydrogen-bond acceptors (Lipinski definition) is 4. The molecule has 1 aliphatic rings. The van der Waals surface area contributed by atoms with Gasteiger partial charge in [0, 0.05) is 25.6 Å². The van der Waals surface area contributed by atoms with Gasteiger partial charge in [-0.05, 0) is 38.5 Å². The van der Waals surface area contributed by atoms with Crippen molar-refractivity contribution in [1.82, 2.24) is 15.6 Å². The molecule has 0 bridgehead atoms. The molecular formula is C18H33IN4OS. The van der Waals surface area contributed by atoms with Crippen molar-refractivity contribution in [2.75, 3.05) is 20.2 Å². The molecule has 2 rings (SSSR count). The quantitative estimate of drug-likeness (QED) is 0.319. The van der Waals surface area contributed by atoms with Crippen LogP contribution in [0.5, 0.6) is 0 Å². The second kappa shape index (κ2) is 12.9. The molecule has 1 heterocycles. The summed E-state index contributed by atoms with van der Waals surface area (Å²) in [4.78, 5) is 8.87. The van der Waals surface area contributed by atoms with Gasteiger partial charge in [0.1, 0.15) is 0 Å². The van der Waals surface area contributed by atoms with Crippen LogP contribution < -0.4 is 10.6 Å². The van der Waals surface area contributed by atoms with Crippen LogP contribution >= 0.6 is 35.3 Å². The standard InChI is InChI=1S/C18H32N4OS.HI/c1-4-17-22-15(13-24-17)12-21-18(19-3)20-11-10-16(23-5-2)14-8-6-7-9-14;/h13-14,16H,4-12H2,1-3H3,(H2,19,20,21);1H. The van der Waals surface area contributed by atoms with Gasteiger partial charge in [-0.2, -0.15) is 0 Å². The molecule has 1 aromatic rings. The molecule has 25 heavy (non-hydrogen) atoms. The van der Waals surface area contributed by atoms with Crippen LogP contribution in [0.3, 0.4) is 0 Å². The van der Waals surface area contributed by atoms with E-state index in [4.69, 9.17) is 4.74 Å². The lowest BCUT2D eigenvalue weighted by Crippen LogP contribution is -2.39. The van der Waals surface area contributed by atoms with Gasteiger partial charge in [0.25, 0.3) is 0 Å². The average Bonchev–Trinajstić information content (AvgIpc) is 3.28. The van der Waals surface area contributed by atoms with Crippen LogP contribution in [-0.4, -0.2) is 37.2 Å². The maximum atomic E-state index is 5.98. The lowest BCUT2D eigenvalue weighted by molar-refractivity contribution is 0.0169. The number of aromatic nitrogens is 1. The summed E-state index contributed by atoms with van der Waals surface area (Å²) in [6, 6.07) is 0. The van der Waals surface area contributed by atoms with E-state index in [-0.39, 0.29) is 24.0 Å². The fourth-order valence-electron chi connectivity index (χ4n) is 3.32. The maximum absolute atomic E-state index is 5.98. The molecule has 7 heteroatoms. The first-order chi connectivity index (χ1) is 11.8. The Kier molecular flexibility index (Phi) is 11.6. The van der Waals surface area contributed by atoms with E-state index in [1.165, 1.54) is 30.7 Å². The van der Waals surface area contributed by atoms with Crippen LogP contribution in [0, 0.1) is 5.92 Å². The summed E-state index contributed by atoms with van der Waals surface area (Å²) in [5.41, 5.74) is 1.08. The van der Waals surface area contributed by atoms with Crippen molar-refractivity contribution >= 4 is 41.3 Å². The molecule has 0 saturated heterocycles. The second-order valence-corrected chi connectivity index (χ2v) is 7.21. The fourth-order valence-corrected chi connectivity index (χ4v) is 4.06. The van der Waals surface area contributed by atoms with Gasteiger partial charge in [-0.15, -0.1) is 35.3 Å². The van der Waals surface area contributed by atoms with Gasteiger partial charge in [0.05, 0.1) is 23.4 Å². The van der Waals surface area contributed by atoms with E-state index in [2.05, 4.69) is 39.8 Å². The molecule has 1 aliphatic carbocycles. The van der Waals surface area contributed by atoms with E-state index >= 15 is 0 Å². The fraction of sp³-hybridized carbons (Fsp3) is 0.778. The SMILES string of the molecule is CCOC(CCNC(=NC)NCc1csc(CC)n1)C1CCCC1.I. The Morgan fingerprint density at radius 1 is 1.36 bits per heavy atom. The molecule has 0 spiro atoms. The Hall–Kier alpha value is -0.410. The first-order valence-corrected chi connectivity index (χ1v) is 10.1. The number of thiazole rings is 1. The molecule has 1 unspecified atom stereocenters. The predicted octanol–water partition coefficient (Wildman–Crippen LogP) is 3.97. The van der Waals surface area contributed by atoms with Crippen LogP contribution in [0.1, 0.15) is 56.7 Å². The molecule has 1 atom stereocenters. The van der Waals surface area contributed by atoms with E-state index in [1.807, 2.05) is 7.05 Å². The first-order valence-electron chi connectivity index (χ1n) is 9.26. The summed E-state index contributed by atoms with van der Waals surface area (Å²) in [5, 5.41) is 10.0. The smallest absolute Gasteiger partial charge is 0.191 e. The lowest BCUT2D eigenvalue weighted by Gasteiger charge is -2.24. The minimum Gasteiger partial charge on any atom is -0.378 e. The van der Waals surface area contributed by atoms with Crippen LogP contribution in [0.15, 0.2) is 10.4 Å². The highest BCUT2D eigenvalue weighted by Crippen LogP contribution is 2.30. The van der Waals surface area contributed by atoms with Gasteiger partial charge in [-0.3, -0.25) is 4.99 Å². The minimum absolute atomic E-state index is 0. The molecule has 1 saturated carbocycles. The molecule has 1 fully saturated rings. The number of nitrogens with zero attached hydrogens (tertiary/aromatic N) is 2. The zero-order valence-electron chi connectivity index (χ0n) is 15.7. The van der Waals surface area contributed by atoms with Crippen molar-refractivity contribution in [2.24, 2.45) is 10.9 Å². The highest BCUT2D eigenvalue weighted by Gasteiger charge is 2.25. The number of nitrogens with one attached hydrogen (secondary N) is 2. The average molecular weight is 480 g/mol. The van der Waals surface area contributed by atoms with Crippen LogP contribution in [0.25, 0.3) is 0 Å². The Morgan fingerprint density at radius 2 is 2.12 bits per heavy atom. The largest absolute Gasteiger partial charge is 0.378 e. The molecule has 0 radical (unpaired) electrons. The summed E-state index contributed by atoms with van der Waals surface area (Å²) in [6.45, 7) is 6.63. The summed E-state index contributed by atoms with van der Waals surface area (Å²) in [6.07, 6.45) is 7.78. The second-order valence-electron chi connectivity index (χ2n) is 6.27. The number of hydrogen-bond donors (Lipinski definition) is 2. The number of aryl methyl sites for hydroxylation is 1. The monoisotopic (exact) mass is 480 g/mol.